The molecule has 0 spiro atoms. The predicted octanol–water partition coefficient (Wildman–Crippen LogP) is 3.54. The normalized spacial score (nSPS) is 18.4. The molecule has 1 aromatic heterocycles. The SMILES string of the molecule is Cc1cc(-c2cnn(CCO)c2)c2c(c1)C(O)(C(F)(F)P)c1ccccc1-2. The van der Waals surface area contributed by atoms with Crippen LogP contribution in [0.5, 0.6) is 0 Å². The molecule has 0 radical (unpaired) electrons. The minimum Gasteiger partial charge on any atom is -0.394 e. The number of hydrogen-bond acceptors (Lipinski definition) is 3. The molecular weight excluding hydrogens is 369 g/mol. The van der Waals surface area contributed by atoms with Crippen molar-refractivity contribution in [3.8, 4) is 22.3 Å². The number of alkyl halides is 2. The summed E-state index contributed by atoms with van der Waals surface area (Å²) < 4.78 is 30.8. The van der Waals surface area contributed by atoms with Crippen molar-refractivity contribution in [3.63, 3.8) is 0 Å². The van der Waals surface area contributed by atoms with Crippen molar-refractivity contribution in [1.29, 1.82) is 0 Å². The Morgan fingerprint density at radius 3 is 2.63 bits per heavy atom. The highest BCUT2D eigenvalue weighted by atomic mass is 31.0. The Morgan fingerprint density at radius 1 is 1.19 bits per heavy atom. The number of aliphatic hydroxyl groups is 2. The summed E-state index contributed by atoms with van der Waals surface area (Å²) >= 11 is 0. The molecule has 1 aliphatic carbocycles. The second-order valence-electron chi connectivity index (χ2n) is 6.83. The molecule has 0 bridgehead atoms. The summed E-state index contributed by atoms with van der Waals surface area (Å²) in [5.74, 6) is 0. The summed E-state index contributed by atoms with van der Waals surface area (Å²) in [6.45, 7) is 2.11. The topological polar surface area (TPSA) is 58.3 Å². The molecule has 2 atom stereocenters. The Labute approximate surface area is 157 Å². The van der Waals surface area contributed by atoms with E-state index >= 15 is 0 Å². The van der Waals surface area contributed by atoms with E-state index in [1.165, 1.54) is 9.24 Å². The summed E-state index contributed by atoms with van der Waals surface area (Å²) in [5.41, 5.74) is -2.08. The van der Waals surface area contributed by atoms with E-state index in [-0.39, 0.29) is 17.7 Å². The van der Waals surface area contributed by atoms with Gasteiger partial charge in [-0.15, -0.1) is 0 Å². The van der Waals surface area contributed by atoms with Crippen LogP contribution in [0.15, 0.2) is 48.8 Å². The first-order chi connectivity index (χ1) is 12.8. The molecule has 4 rings (SSSR count). The number of aryl methyl sites for hydroxylation is 1. The van der Waals surface area contributed by atoms with Crippen molar-refractivity contribution in [2.75, 3.05) is 6.61 Å². The number of benzene rings is 2. The van der Waals surface area contributed by atoms with Crippen LogP contribution < -0.4 is 0 Å². The van der Waals surface area contributed by atoms with Crippen LogP contribution in [0.3, 0.4) is 0 Å². The van der Waals surface area contributed by atoms with Crippen molar-refractivity contribution < 1.29 is 19.0 Å². The molecule has 0 fully saturated rings. The number of hydrogen-bond donors (Lipinski definition) is 2. The Balaban J connectivity index is 2.04. The van der Waals surface area contributed by atoms with E-state index in [0.29, 0.717) is 17.7 Å². The van der Waals surface area contributed by atoms with Crippen molar-refractivity contribution >= 4 is 9.24 Å². The van der Waals surface area contributed by atoms with E-state index in [9.17, 15) is 13.9 Å². The molecule has 4 nitrogen and oxygen atoms in total. The highest BCUT2D eigenvalue weighted by Crippen LogP contribution is 2.58. The Bertz CT molecular complexity index is 1030. The quantitative estimate of drug-likeness (QED) is 0.673. The third kappa shape index (κ3) is 2.63. The van der Waals surface area contributed by atoms with Crippen LogP contribution in [0.1, 0.15) is 16.7 Å². The first kappa shape index (κ1) is 18.2. The molecule has 0 aliphatic heterocycles. The van der Waals surface area contributed by atoms with Crippen LogP contribution in [0, 0.1) is 6.92 Å². The number of aliphatic hydroxyl groups excluding tert-OH is 1. The molecule has 3 aromatic rings. The second-order valence-corrected chi connectivity index (χ2v) is 7.55. The highest BCUT2D eigenvalue weighted by Gasteiger charge is 2.57. The molecule has 2 N–H and O–H groups in total. The van der Waals surface area contributed by atoms with Crippen LogP contribution in [-0.2, 0) is 12.1 Å². The second kappa shape index (κ2) is 6.20. The van der Waals surface area contributed by atoms with Gasteiger partial charge < -0.3 is 10.2 Å². The van der Waals surface area contributed by atoms with Crippen molar-refractivity contribution in [2.24, 2.45) is 0 Å². The van der Waals surface area contributed by atoms with Gasteiger partial charge in [0.25, 0.3) is 5.66 Å². The maximum Gasteiger partial charge on any atom is 0.295 e. The van der Waals surface area contributed by atoms with Gasteiger partial charge in [0.2, 0.25) is 0 Å². The van der Waals surface area contributed by atoms with Gasteiger partial charge in [-0.25, -0.2) is 0 Å². The standard InChI is InChI=1S/C20H19F2N2O2P/c1-12-8-15(13-10-23-24(11-13)6-7-25)18-14-4-2-3-5-16(14)19(26,17(18)9-12)20(21,22)27/h2-5,8-11,25-26H,6-7,27H2,1H3. The predicted molar refractivity (Wildman–Crippen MR) is 103 cm³/mol. The summed E-state index contributed by atoms with van der Waals surface area (Å²) in [7, 11) is 1.49. The fourth-order valence-corrected chi connectivity index (χ4v) is 4.15. The molecule has 1 aliphatic rings. The monoisotopic (exact) mass is 388 g/mol. The van der Waals surface area contributed by atoms with Gasteiger partial charge in [0.05, 0.1) is 19.3 Å². The summed E-state index contributed by atoms with van der Waals surface area (Å²) in [5, 5.41) is 24.5. The minimum absolute atomic E-state index is 0.0467. The fourth-order valence-electron chi connectivity index (χ4n) is 3.84. The van der Waals surface area contributed by atoms with Crippen LogP contribution in [0.25, 0.3) is 22.3 Å². The first-order valence-corrected chi connectivity index (χ1v) is 9.13. The highest BCUT2D eigenvalue weighted by molar-refractivity contribution is 7.18. The van der Waals surface area contributed by atoms with Gasteiger partial charge in [0.1, 0.15) is 0 Å². The number of rotatable bonds is 4. The van der Waals surface area contributed by atoms with E-state index in [1.807, 2.05) is 13.0 Å². The van der Waals surface area contributed by atoms with Crippen LogP contribution >= 0.6 is 9.24 Å². The summed E-state index contributed by atoms with van der Waals surface area (Å²) in [6.07, 6.45) is 3.41. The lowest BCUT2D eigenvalue weighted by molar-refractivity contribution is -0.0964. The molecule has 0 saturated carbocycles. The third-order valence-electron chi connectivity index (χ3n) is 5.01. The zero-order valence-corrected chi connectivity index (χ0v) is 15.8. The first-order valence-electron chi connectivity index (χ1n) is 8.55. The molecule has 0 saturated heterocycles. The Morgan fingerprint density at radius 2 is 1.93 bits per heavy atom. The largest absolute Gasteiger partial charge is 0.394 e. The molecule has 2 aromatic carbocycles. The molecule has 140 valence electrons. The number of aromatic nitrogens is 2. The van der Waals surface area contributed by atoms with Gasteiger partial charge in [-0.05, 0) is 23.6 Å². The molecule has 7 heteroatoms. The number of halogens is 2. The third-order valence-corrected chi connectivity index (χ3v) is 5.43. The van der Waals surface area contributed by atoms with Gasteiger partial charge in [0, 0.05) is 22.9 Å². The van der Waals surface area contributed by atoms with Gasteiger partial charge in [-0.3, -0.25) is 4.68 Å². The van der Waals surface area contributed by atoms with E-state index in [0.717, 1.165) is 16.7 Å². The molecular formula is C20H19F2N2O2P. The molecule has 27 heavy (non-hydrogen) atoms. The van der Waals surface area contributed by atoms with E-state index in [4.69, 9.17) is 5.11 Å². The molecule has 1 heterocycles. The fraction of sp³-hybridized carbons (Fsp3) is 0.250. The van der Waals surface area contributed by atoms with Gasteiger partial charge in [-0.1, -0.05) is 51.2 Å². The average molecular weight is 388 g/mol. The lowest BCUT2D eigenvalue weighted by atomic mass is 9.88. The van der Waals surface area contributed by atoms with E-state index < -0.39 is 11.3 Å². The van der Waals surface area contributed by atoms with Crippen molar-refractivity contribution in [3.05, 3.63) is 65.5 Å². The number of fused-ring (bicyclic) bond motifs is 3. The van der Waals surface area contributed by atoms with Crippen LogP contribution in [0.2, 0.25) is 0 Å². The van der Waals surface area contributed by atoms with Gasteiger partial charge in [-0.2, -0.15) is 13.9 Å². The summed E-state index contributed by atoms with van der Waals surface area (Å²) in [4.78, 5) is 0. The van der Waals surface area contributed by atoms with Crippen molar-refractivity contribution in [1.82, 2.24) is 9.78 Å². The zero-order valence-electron chi connectivity index (χ0n) is 14.7. The molecule has 0 amide bonds. The average Bonchev–Trinajstić information content (AvgIpc) is 3.17. The van der Waals surface area contributed by atoms with E-state index in [2.05, 4.69) is 5.10 Å². The maximum atomic E-state index is 14.6. The lowest BCUT2D eigenvalue weighted by Crippen LogP contribution is -2.40. The number of nitrogens with zero attached hydrogens (tertiary/aromatic N) is 2. The van der Waals surface area contributed by atoms with Crippen LogP contribution in [-0.4, -0.2) is 32.3 Å². The Hall–Kier alpha value is -2.14. The van der Waals surface area contributed by atoms with Crippen LogP contribution in [0.4, 0.5) is 8.78 Å². The van der Waals surface area contributed by atoms with Gasteiger partial charge >= 0.3 is 0 Å². The van der Waals surface area contributed by atoms with Crippen molar-refractivity contribution in [2.45, 2.75) is 24.7 Å². The minimum atomic E-state index is -3.44. The van der Waals surface area contributed by atoms with Gasteiger partial charge in [0.15, 0.2) is 5.60 Å². The molecule has 2 unspecified atom stereocenters. The smallest absolute Gasteiger partial charge is 0.295 e. The Kier molecular flexibility index (Phi) is 4.18. The van der Waals surface area contributed by atoms with E-state index in [1.54, 1.807) is 47.4 Å². The summed E-state index contributed by atoms with van der Waals surface area (Å²) in [6, 6.07) is 10.2. The zero-order chi connectivity index (χ0) is 19.4. The lowest BCUT2D eigenvalue weighted by Gasteiger charge is -2.32. The maximum absolute atomic E-state index is 14.6.